The van der Waals surface area contributed by atoms with Gasteiger partial charge in [0.2, 0.25) is 0 Å². The van der Waals surface area contributed by atoms with Crippen LogP contribution in [-0.2, 0) is 10.0 Å². The van der Waals surface area contributed by atoms with Gasteiger partial charge < -0.3 is 10.2 Å². The Hall–Kier alpha value is -2.46. The normalized spacial score (nSPS) is 14.0. The standard InChI is InChI=1S/C21H21ClFN5O2S.ClH/c1-14-15(4-2-5-17(14)23)21-16(22)8-9-18(25-21)27-31(29,30)20-7-3-6-19(26-20)28-12-10-24-11-13-28;/h2-9,24H,10-13H2,1H3,(H,25,27);1H. The fourth-order valence-electron chi connectivity index (χ4n) is 3.37. The summed E-state index contributed by atoms with van der Waals surface area (Å²) in [7, 11) is -3.99. The first-order valence-electron chi connectivity index (χ1n) is 9.73. The molecule has 1 fully saturated rings. The number of anilines is 2. The SMILES string of the molecule is Cc1c(F)cccc1-c1nc(NS(=O)(=O)c2cccc(N3CCNCC3)n2)ccc1Cl.Cl. The van der Waals surface area contributed by atoms with Crippen LogP contribution in [0.25, 0.3) is 11.3 Å². The van der Waals surface area contributed by atoms with Gasteiger partial charge in [0.25, 0.3) is 10.0 Å². The lowest BCUT2D eigenvalue weighted by Crippen LogP contribution is -2.44. The van der Waals surface area contributed by atoms with Crippen LogP contribution < -0.4 is 14.9 Å². The van der Waals surface area contributed by atoms with Gasteiger partial charge in [0, 0.05) is 31.7 Å². The van der Waals surface area contributed by atoms with E-state index < -0.39 is 15.8 Å². The molecule has 0 aliphatic carbocycles. The molecular formula is C21H22Cl2FN5O2S. The molecule has 1 aliphatic rings. The van der Waals surface area contributed by atoms with Crippen molar-refractivity contribution in [3.63, 3.8) is 0 Å². The van der Waals surface area contributed by atoms with Crippen molar-refractivity contribution in [1.29, 1.82) is 0 Å². The Kier molecular flexibility index (Phi) is 7.55. The summed E-state index contributed by atoms with van der Waals surface area (Å²) in [5.74, 6) is 0.275. The quantitative estimate of drug-likeness (QED) is 0.556. The highest BCUT2D eigenvalue weighted by molar-refractivity contribution is 7.92. The minimum absolute atomic E-state index is 0. The molecule has 0 spiro atoms. The molecule has 0 saturated carbocycles. The predicted molar refractivity (Wildman–Crippen MR) is 127 cm³/mol. The summed E-state index contributed by atoms with van der Waals surface area (Å²) in [6.45, 7) is 4.74. The van der Waals surface area contributed by atoms with Crippen molar-refractivity contribution < 1.29 is 12.8 Å². The van der Waals surface area contributed by atoms with E-state index in [2.05, 4.69) is 20.0 Å². The second-order valence-corrected chi connectivity index (χ2v) is 9.15. The van der Waals surface area contributed by atoms with Crippen molar-refractivity contribution in [1.82, 2.24) is 15.3 Å². The van der Waals surface area contributed by atoms with Crippen molar-refractivity contribution in [2.75, 3.05) is 35.8 Å². The molecule has 11 heteroatoms. The third kappa shape index (κ3) is 5.12. The van der Waals surface area contributed by atoms with Crippen LogP contribution in [0.1, 0.15) is 5.56 Å². The Bertz CT molecular complexity index is 1220. The van der Waals surface area contributed by atoms with Crippen LogP contribution in [0.3, 0.4) is 0 Å². The van der Waals surface area contributed by atoms with Crippen LogP contribution in [-0.4, -0.2) is 44.6 Å². The van der Waals surface area contributed by atoms with E-state index in [9.17, 15) is 12.8 Å². The van der Waals surface area contributed by atoms with E-state index in [0.717, 1.165) is 26.2 Å². The zero-order valence-electron chi connectivity index (χ0n) is 17.2. The number of benzene rings is 1. The lowest BCUT2D eigenvalue weighted by atomic mass is 10.0. The Balaban J connectivity index is 0.00000289. The summed E-state index contributed by atoms with van der Waals surface area (Å²) >= 11 is 6.26. The van der Waals surface area contributed by atoms with Gasteiger partial charge >= 0.3 is 0 Å². The molecule has 3 aromatic rings. The number of nitrogens with one attached hydrogen (secondary N) is 2. The molecule has 1 aromatic carbocycles. The van der Waals surface area contributed by atoms with Gasteiger partial charge in [0.15, 0.2) is 5.03 Å². The molecule has 0 bridgehead atoms. The number of pyridine rings is 2. The fraction of sp³-hybridized carbons (Fsp3) is 0.238. The van der Waals surface area contributed by atoms with Crippen LogP contribution in [0.4, 0.5) is 16.0 Å². The maximum atomic E-state index is 14.0. The average molecular weight is 498 g/mol. The lowest BCUT2D eigenvalue weighted by Gasteiger charge is -2.28. The zero-order valence-corrected chi connectivity index (χ0v) is 19.6. The first-order valence-corrected chi connectivity index (χ1v) is 11.6. The predicted octanol–water partition coefficient (Wildman–Crippen LogP) is 3.88. The minimum Gasteiger partial charge on any atom is -0.354 e. The largest absolute Gasteiger partial charge is 0.354 e. The number of nitrogens with zero attached hydrogens (tertiary/aromatic N) is 3. The van der Waals surface area contributed by atoms with Crippen LogP contribution in [0.15, 0.2) is 53.6 Å². The number of rotatable bonds is 5. The molecule has 170 valence electrons. The van der Waals surface area contributed by atoms with Crippen LogP contribution in [0, 0.1) is 12.7 Å². The van der Waals surface area contributed by atoms with Gasteiger partial charge in [-0.1, -0.05) is 29.8 Å². The lowest BCUT2D eigenvalue weighted by molar-refractivity contribution is 0.580. The second kappa shape index (κ2) is 9.99. The van der Waals surface area contributed by atoms with Gasteiger partial charge in [0.1, 0.15) is 17.5 Å². The van der Waals surface area contributed by atoms with E-state index in [1.54, 1.807) is 31.2 Å². The number of hydrogen-bond donors (Lipinski definition) is 2. The van der Waals surface area contributed by atoms with Gasteiger partial charge in [-0.2, -0.15) is 8.42 Å². The molecule has 2 N–H and O–H groups in total. The van der Waals surface area contributed by atoms with Gasteiger partial charge in [-0.05, 0) is 42.8 Å². The summed E-state index contributed by atoms with van der Waals surface area (Å²) in [5.41, 5.74) is 1.16. The van der Waals surface area contributed by atoms with E-state index in [-0.39, 0.29) is 28.3 Å². The molecule has 1 aliphatic heterocycles. The van der Waals surface area contributed by atoms with E-state index in [0.29, 0.717) is 22.6 Å². The van der Waals surface area contributed by atoms with Crippen molar-refractivity contribution in [3.8, 4) is 11.3 Å². The minimum atomic E-state index is -3.99. The molecule has 0 amide bonds. The highest BCUT2D eigenvalue weighted by Crippen LogP contribution is 2.31. The Morgan fingerprint density at radius 2 is 1.78 bits per heavy atom. The molecule has 1 saturated heterocycles. The summed E-state index contributed by atoms with van der Waals surface area (Å²) in [6.07, 6.45) is 0. The van der Waals surface area contributed by atoms with Crippen LogP contribution in [0.5, 0.6) is 0 Å². The monoisotopic (exact) mass is 497 g/mol. The van der Waals surface area contributed by atoms with E-state index in [1.807, 2.05) is 4.90 Å². The molecule has 32 heavy (non-hydrogen) atoms. The fourth-order valence-corrected chi connectivity index (χ4v) is 4.54. The smallest absolute Gasteiger partial charge is 0.280 e. The molecule has 0 atom stereocenters. The topological polar surface area (TPSA) is 87.2 Å². The number of sulfonamides is 1. The number of halogens is 3. The van der Waals surface area contributed by atoms with Crippen molar-refractivity contribution >= 4 is 45.7 Å². The second-order valence-electron chi connectivity index (χ2n) is 7.12. The van der Waals surface area contributed by atoms with E-state index in [1.165, 1.54) is 24.3 Å². The van der Waals surface area contributed by atoms with Gasteiger partial charge in [0.05, 0.1) is 10.7 Å². The number of piperazine rings is 1. The van der Waals surface area contributed by atoms with Crippen molar-refractivity contribution in [3.05, 3.63) is 64.9 Å². The molecule has 2 aromatic heterocycles. The number of aromatic nitrogens is 2. The summed E-state index contributed by atoms with van der Waals surface area (Å²) in [4.78, 5) is 10.7. The summed E-state index contributed by atoms with van der Waals surface area (Å²) in [5, 5.41) is 3.43. The third-order valence-corrected chi connectivity index (χ3v) is 6.59. The first kappa shape index (κ1) is 24.2. The Morgan fingerprint density at radius 3 is 2.53 bits per heavy atom. The van der Waals surface area contributed by atoms with Gasteiger partial charge in [-0.15, -0.1) is 12.4 Å². The van der Waals surface area contributed by atoms with E-state index in [4.69, 9.17) is 11.6 Å². The molecule has 4 rings (SSSR count). The van der Waals surface area contributed by atoms with Crippen molar-refractivity contribution in [2.24, 2.45) is 0 Å². The molecular weight excluding hydrogens is 476 g/mol. The molecule has 0 unspecified atom stereocenters. The third-order valence-electron chi connectivity index (χ3n) is 5.03. The number of hydrogen-bond acceptors (Lipinski definition) is 6. The summed E-state index contributed by atoms with van der Waals surface area (Å²) in [6, 6.07) is 12.4. The van der Waals surface area contributed by atoms with Gasteiger partial charge in [-0.3, -0.25) is 4.72 Å². The summed E-state index contributed by atoms with van der Waals surface area (Å²) < 4.78 is 42.3. The highest BCUT2D eigenvalue weighted by Gasteiger charge is 2.21. The highest BCUT2D eigenvalue weighted by atomic mass is 35.5. The zero-order chi connectivity index (χ0) is 22.0. The van der Waals surface area contributed by atoms with Crippen molar-refractivity contribution in [2.45, 2.75) is 11.9 Å². The van der Waals surface area contributed by atoms with Crippen LogP contribution in [0.2, 0.25) is 5.02 Å². The maximum absolute atomic E-state index is 14.0. The van der Waals surface area contributed by atoms with Crippen LogP contribution >= 0.6 is 24.0 Å². The first-order chi connectivity index (χ1) is 14.8. The average Bonchev–Trinajstić information content (AvgIpc) is 2.78. The Morgan fingerprint density at radius 1 is 1.06 bits per heavy atom. The Labute approximate surface area is 197 Å². The molecule has 0 radical (unpaired) electrons. The van der Waals surface area contributed by atoms with E-state index >= 15 is 0 Å². The molecule has 7 nitrogen and oxygen atoms in total. The molecule has 3 heterocycles. The maximum Gasteiger partial charge on any atom is 0.280 e. The van der Waals surface area contributed by atoms with Gasteiger partial charge in [-0.25, -0.2) is 14.4 Å².